The van der Waals surface area contributed by atoms with Gasteiger partial charge in [-0.2, -0.15) is 0 Å². The first-order valence-corrected chi connectivity index (χ1v) is 9.87. The lowest BCUT2D eigenvalue weighted by molar-refractivity contribution is 0.556. The third-order valence-electron chi connectivity index (χ3n) is 4.42. The molecular formula is C16H22N4O2S. The van der Waals surface area contributed by atoms with Gasteiger partial charge in [-0.15, -0.1) is 5.10 Å². The summed E-state index contributed by atoms with van der Waals surface area (Å²) in [6.07, 6.45) is 5.80. The molecule has 124 valence electrons. The predicted molar refractivity (Wildman–Crippen MR) is 87.5 cm³/mol. The Morgan fingerprint density at radius 1 is 1.04 bits per heavy atom. The first-order chi connectivity index (χ1) is 11.1. The Morgan fingerprint density at radius 2 is 1.74 bits per heavy atom. The van der Waals surface area contributed by atoms with Crippen LogP contribution in [0, 0.1) is 0 Å². The van der Waals surface area contributed by atoms with Crippen LogP contribution in [0.4, 0.5) is 0 Å². The molecule has 0 atom stereocenters. The molecule has 0 saturated heterocycles. The standard InChI is InChI=1S/C16H22N4O2S/c21-23(22,15-10-6-1-2-7-11-15)13-16-17-18-19-20(16)12-14-8-4-3-5-9-14/h3-5,8-9,15H,1-2,6-7,10-13H2. The van der Waals surface area contributed by atoms with Crippen molar-refractivity contribution in [3.05, 3.63) is 41.7 Å². The van der Waals surface area contributed by atoms with Crippen molar-refractivity contribution >= 4 is 9.84 Å². The van der Waals surface area contributed by atoms with E-state index < -0.39 is 9.84 Å². The van der Waals surface area contributed by atoms with Crippen molar-refractivity contribution in [1.29, 1.82) is 0 Å². The molecule has 2 aromatic rings. The summed E-state index contributed by atoms with van der Waals surface area (Å²) in [4.78, 5) is 0. The third-order valence-corrected chi connectivity index (χ3v) is 6.57. The minimum absolute atomic E-state index is 0.0719. The summed E-state index contributed by atoms with van der Waals surface area (Å²) in [5.41, 5.74) is 1.05. The summed E-state index contributed by atoms with van der Waals surface area (Å²) in [6, 6.07) is 9.79. The van der Waals surface area contributed by atoms with E-state index in [4.69, 9.17) is 0 Å². The summed E-state index contributed by atoms with van der Waals surface area (Å²) in [6.45, 7) is 0.489. The van der Waals surface area contributed by atoms with Gasteiger partial charge in [-0.25, -0.2) is 13.1 Å². The fourth-order valence-electron chi connectivity index (χ4n) is 3.10. The number of nitrogens with zero attached hydrogens (tertiary/aromatic N) is 4. The highest BCUT2D eigenvalue weighted by Crippen LogP contribution is 2.25. The maximum atomic E-state index is 12.7. The van der Waals surface area contributed by atoms with Gasteiger partial charge in [-0.1, -0.05) is 56.0 Å². The van der Waals surface area contributed by atoms with Gasteiger partial charge in [0.2, 0.25) is 0 Å². The molecule has 0 amide bonds. The smallest absolute Gasteiger partial charge is 0.166 e. The van der Waals surface area contributed by atoms with E-state index in [1.165, 1.54) is 0 Å². The van der Waals surface area contributed by atoms with Crippen LogP contribution >= 0.6 is 0 Å². The van der Waals surface area contributed by atoms with Crippen LogP contribution < -0.4 is 0 Å². The van der Waals surface area contributed by atoms with Crippen molar-refractivity contribution in [2.45, 2.75) is 56.1 Å². The maximum Gasteiger partial charge on any atom is 0.166 e. The highest BCUT2D eigenvalue weighted by molar-refractivity contribution is 7.91. The molecule has 0 spiro atoms. The number of sulfone groups is 1. The van der Waals surface area contributed by atoms with E-state index in [0.717, 1.165) is 44.1 Å². The molecule has 1 saturated carbocycles. The van der Waals surface area contributed by atoms with Gasteiger partial charge in [0.25, 0.3) is 0 Å². The lowest BCUT2D eigenvalue weighted by Crippen LogP contribution is -2.24. The summed E-state index contributed by atoms with van der Waals surface area (Å²) in [7, 11) is -3.21. The highest BCUT2D eigenvalue weighted by atomic mass is 32.2. The van der Waals surface area contributed by atoms with E-state index in [1.807, 2.05) is 30.3 Å². The van der Waals surface area contributed by atoms with Crippen LogP contribution in [0.3, 0.4) is 0 Å². The van der Waals surface area contributed by atoms with Gasteiger partial charge >= 0.3 is 0 Å². The predicted octanol–water partition coefficient (Wildman–Crippen LogP) is 2.36. The van der Waals surface area contributed by atoms with Crippen molar-refractivity contribution in [3.63, 3.8) is 0 Å². The van der Waals surface area contributed by atoms with Crippen LogP contribution in [0.15, 0.2) is 30.3 Å². The fraction of sp³-hybridized carbons (Fsp3) is 0.562. The van der Waals surface area contributed by atoms with Crippen molar-refractivity contribution in [1.82, 2.24) is 20.2 Å². The minimum Gasteiger partial charge on any atom is -0.228 e. The average molecular weight is 334 g/mol. The van der Waals surface area contributed by atoms with E-state index in [-0.39, 0.29) is 11.0 Å². The van der Waals surface area contributed by atoms with Crippen LogP contribution in [0.5, 0.6) is 0 Å². The second-order valence-electron chi connectivity index (χ2n) is 6.16. The second kappa shape index (κ2) is 7.21. The summed E-state index contributed by atoms with van der Waals surface area (Å²) in [5.74, 6) is 0.357. The molecule has 0 aliphatic heterocycles. The molecule has 6 nitrogen and oxygen atoms in total. The molecular weight excluding hydrogens is 312 g/mol. The Balaban J connectivity index is 1.74. The van der Waals surface area contributed by atoms with Crippen LogP contribution in [-0.2, 0) is 22.1 Å². The Morgan fingerprint density at radius 3 is 2.43 bits per heavy atom. The zero-order valence-corrected chi connectivity index (χ0v) is 14.0. The van der Waals surface area contributed by atoms with Crippen molar-refractivity contribution < 1.29 is 8.42 Å². The van der Waals surface area contributed by atoms with Gasteiger partial charge in [0, 0.05) is 0 Å². The number of hydrogen-bond donors (Lipinski definition) is 0. The van der Waals surface area contributed by atoms with E-state index in [2.05, 4.69) is 15.5 Å². The van der Waals surface area contributed by atoms with E-state index in [1.54, 1.807) is 4.68 Å². The lowest BCUT2D eigenvalue weighted by atomic mass is 10.2. The van der Waals surface area contributed by atoms with E-state index >= 15 is 0 Å². The summed E-state index contributed by atoms with van der Waals surface area (Å²) in [5, 5.41) is 11.3. The van der Waals surface area contributed by atoms with Gasteiger partial charge in [-0.05, 0) is 28.8 Å². The Kier molecular flexibility index (Phi) is 5.05. The summed E-state index contributed by atoms with van der Waals surface area (Å²) >= 11 is 0. The number of benzene rings is 1. The molecule has 1 aromatic carbocycles. The molecule has 23 heavy (non-hydrogen) atoms. The average Bonchev–Trinajstić information content (AvgIpc) is 2.79. The molecule has 1 heterocycles. The van der Waals surface area contributed by atoms with Crippen molar-refractivity contribution in [3.8, 4) is 0 Å². The molecule has 1 fully saturated rings. The number of tetrazole rings is 1. The Bertz CT molecular complexity index is 720. The SMILES string of the molecule is O=S(=O)(Cc1nnnn1Cc1ccccc1)C1CCCCCC1. The zero-order chi connectivity index (χ0) is 16.1. The maximum absolute atomic E-state index is 12.7. The van der Waals surface area contributed by atoms with Crippen molar-refractivity contribution in [2.75, 3.05) is 0 Å². The molecule has 1 aliphatic carbocycles. The fourth-order valence-corrected chi connectivity index (χ4v) is 4.96. The van der Waals surface area contributed by atoms with Crippen LogP contribution in [-0.4, -0.2) is 33.9 Å². The van der Waals surface area contributed by atoms with Crippen LogP contribution in [0.1, 0.15) is 49.9 Å². The molecule has 3 rings (SSSR count). The van der Waals surface area contributed by atoms with Crippen LogP contribution in [0.25, 0.3) is 0 Å². The molecule has 1 aliphatic rings. The van der Waals surface area contributed by atoms with Gasteiger partial charge < -0.3 is 0 Å². The van der Waals surface area contributed by atoms with E-state index in [9.17, 15) is 8.42 Å². The van der Waals surface area contributed by atoms with Gasteiger partial charge in [0.1, 0.15) is 5.75 Å². The normalized spacial score (nSPS) is 17.0. The highest BCUT2D eigenvalue weighted by Gasteiger charge is 2.28. The summed E-state index contributed by atoms with van der Waals surface area (Å²) < 4.78 is 27.0. The topological polar surface area (TPSA) is 77.7 Å². The minimum atomic E-state index is -3.21. The first kappa shape index (κ1) is 16.1. The monoisotopic (exact) mass is 334 g/mol. The van der Waals surface area contributed by atoms with Crippen molar-refractivity contribution in [2.24, 2.45) is 0 Å². The first-order valence-electron chi connectivity index (χ1n) is 8.16. The van der Waals surface area contributed by atoms with Gasteiger partial charge in [-0.3, -0.25) is 0 Å². The second-order valence-corrected chi connectivity index (χ2v) is 8.44. The lowest BCUT2D eigenvalue weighted by Gasteiger charge is -2.14. The third kappa shape index (κ3) is 4.16. The van der Waals surface area contributed by atoms with Crippen LogP contribution in [0.2, 0.25) is 0 Å². The largest absolute Gasteiger partial charge is 0.228 e. The molecule has 0 unspecified atom stereocenters. The Hall–Kier alpha value is -1.76. The van der Waals surface area contributed by atoms with E-state index in [0.29, 0.717) is 12.4 Å². The molecule has 7 heteroatoms. The molecule has 0 N–H and O–H groups in total. The quantitative estimate of drug-likeness (QED) is 0.784. The number of aromatic nitrogens is 4. The number of rotatable bonds is 5. The number of hydrogen-bond acceptors (Lipinski definition) is 5. The van der Waals surface area contributed by atoms with Gasteiger partial charge in [0.15, 0.2) is 15.7 Å². The molecule has 1 aromatic heterocycles. The molecule has 0 bridgehead atoms. The Labute approximate surface area is 136 Å². The van der Waals surface area contributed by atoms with Gasteiger partial charge in [0.05, 0.1) is 11.8 Å². The zero-order valence-electron chi connectivity index (χ0n) is 13.1. The molecule has 0 radical (unpaired) electrons.